The zero-order valence-electron chi connectivity index (χ0n) is 11.9. The van der Waals surface area contributed by atoms with Gasteiger partial charge in [-0.2, -0.15) is 0 Å². The van der Waals surface area contributed by atoms with Gasteiger partial charge in [0.25, 0.3) is 0 Å². The Balaban J connectivity index is 1.78. The van der Waals surface area contributed by atoms with Gasteiger partial charge in [-0.05, 0) is 30.0 Å². The molecule has 0 bridgehead atoms. The molecule has 0 spiro atoms. The zero-order valence-corrected chi connectivity index (χ0v) is 11.9. The Morgan fingerprint density at radius 2 is 2.21 bits per heavy atom. The standard InChI is InChI=1S/C15H23N3O/c1-12-4-3-5-15-14(12)11-17(10-13-8-16-9-13)18(15)6-7-19-2/h3-5,13,16H,6-11H2,1-2H3. The Morgan fingerprint density at radius 3 is 2.89 bits per heavy atom. The summed E-state index contributed by atoms with van der Waals surface area (Å²) in [6.07, 6.45) is 0. The van der Waals surface area contributed by atoms with E-state index in [2.05, 4.69) is 40.5 Å². The van der Waals surface area contributed by atoms with Crippen LogP contribution in [0.15, 0.2) is 18.2 Å². The van der Waals surface area contributed by atoms with Gasteiger partial charge in [-0.1, -0.05) is 12.1 Å². The summed E-state index contributed by atoms with van der Waals surface area (Å²) in [5, 5.41) is 8.25. The van der Waals surface area contributed by atoms with Gasteiger partial charge in [0.1, 0.15) is 0 Å². The number of hydrogen-bond donors (Lipinski definition) is 1. The van der Waals surface area contributed by atoms with Gasteiger partial charge in [0, 0.05) is 33.3 Å². The fourth-order valence-corrected chi connectivity index (χ4v) is 2.93. The molecule has 0 aromatic heterocycles. The molecular formula is C15H23N3O. The molecule has 0 unspecified atom stereocenters. The fraction of sp³-hybridized carbons (Fsp3) is 0.600. The van der Waals surface area contributed by atoms with Crippen LogP contribution in [-0.4, -0.2) is 44.9 Å². The van der Waals surface area contributed by atoms with Crippen molar-refractivity contribution >= 4 is 5.69 Å². The maximum atomic E-state index is 5.26. The zero-order chi connectivity index (χ0) is 13.2. The van der Waals surface area contributed by atoms with E-state index in [0.717, 1.165) is 45.2 Å². The third kappa shape index (κ3) is 2.48. The van der Waals surface area contributed by atoms with Crippen molar-refractivity contribution in [2.75, 3.05) is 44.9 Å². The average molecular weight is 261 g/mol. The lowest BCUT2D eigenvalue weighted by atomic mass is 10.0. The summed E-state index contributed by atoms with van der Waals surface area (Å²) in [6, 6.07) is 6.60. The summed E-state index contributed by atoms with van der Waals surface area (Å²) < 4.78 is 5.26. The minimum Gasteiger partial charge on any atom is -0.383 e. The number of methoxy groups -OCH3 is 1. The predicted molar refractivity (Wildman–Crippen MR) is 77.2 cm³/mol. The predicted octanol–water partition coefficient (Wildman–Crippen LogP) is 1.40. The first-order valence-electron chi connectivity index (χ1n) is 7.10. The van der Waals surface area contributed by atoms with Crippen LogP contribution in [0.4, 0.5) is 5.69 Å². The number of benzene rings is 1. The largest absolute Gasteiger partial charge is 0.383 e. The van der Waals surface area contributed by atoms with Crippen LogP contribution >= 0.6 is 0 Å². The summed E-state index contributed by atoms with van der Waals surface area (Å²) in [5.74, 6) is 0.791. The van der Waals surface area contributed by atoms with Crippen molar-refractivity contribution in [3.63, 3.8) is 0 Å². The van der Waals surface area contributed by atoms with Crippen molar-refractivity contribution in [2.45, 2.75) is 13.5 Å². The summed E-state index contributed by atoms with van der Waals surface area (Å²) in [7, 11) is 1.77. The number of aryl methyl sites for hydroxylation is 1. The molecule has 0 amide bonds. The molecule has 0 atom stereocenters. The molecule has 1 saturated heterocycles. The van der Waals surface area contributed by atoms with Crippen molar-refractivity contribution in [1.82, 2.24) is 10.3 Å². The number of hydrogen-bond acceptors (Lipinski definition) is 4. The molecule has 1 aromatic rings. The topological polar surface area (TPSA) is 27.7 Å². The number of nitrogens with zero attached hydrogens (tertiary/aromatic N) is 2. The molecule has 1 N–H and O–H groups in total. The van der Waals surface area contributed by atoms with E-state index in [1.807, 2.05) is 0 Å². The Labute approximate surface area is 115 Å². The number of ether oxygens (including phenoxy) is 1. The first-order chi connectivity index (χ1) is 9.29. The number of nitrogens with one attached hydrogen (secondary N) is 1. The van der Waals surface area contributed by atoms with Crippen LogP contribution in [0.2, 0.25) is 0 Å². The molecule has 2 aliphatic heterocycles. The van der Waals surface area contributed by atoms with E-state index in [-0.39, 0.29) is 0 Å². The quantitative estimate of drug-likeness (QED) is 0.867. The summed E-state index contributed by atoms with van der Waals surface area (Å²) in [5.41, 5.74) is 4.24. The molecule has 4 nitrogen and oxygen atoms in total. The molecule has 19 heavy (non-hydrogen) atoms. The van der Waals surface area contributed by atoms with E-state index in [4.69, 9.17) is 4.74 Å². The highest BCUT2D eigenvalue weighted by atomic mass is 16.5. The molecule has 104 valence electrons. The van der Waals surface area contributed by atoms with E-state index >= 15 is 0 Å². The number of hydrazine groups is 1. The Bertz CT molecular complexity index is 445. The maximum absolute atomic E-state index is 5.26. The second-order valence-electron chi connectivity index (χ2n) is 5.56. The molecule has 2 aliphatic rings. The van der Waals surface area contributed by atoms with Gasteiger partial charge in [0.15, 0.2) is 0 Å². The average Bonchev–Trinajstić information content (AvgIpc) is 2.71. The number of anilines is 1. The molecule has 0 radical (unpaired) electrons. The smallest absolute Gasteiger partial charge is 0.0653 e. The van der Waals surface area contributed by atoms with Crippen molar-refractivity contribution in [2.24, 2.45) is 5.92 Å². The Kier molecular flexibility index (Phi) is 3.73. The third-order valence-electron chi connectivity index (χ3n) is 4.19. The number of rotatable bonds is 5. The lowest BCUT2D eigenvalue weighted by Crippen LogP contribution is -2.51. The van der Waals surface area contributed by atoms with Crippen LogP contribution in [0.5, 0.6) is 0 Å². The van der Waals surface area contributed by atoms with Gasteiger partial charge in [-0.3, -0.25) is 0 Å². The van der Waals surface area contributed by atoms with Crippen LogP contribution in [0.3, 0.4) is 0 Å². The van der Waals surface area contributed by atoms with Gasteiger partial charge >= 0.3 is 0 Å². The SMILES string of the molecule is COCCN1c2cccc(C)c2CN1CC1CNC1. The highest BCUT2D eigenvalue weighted by molar-refractivity contribution is 5.59. The minimum absolute atomic E-state index is 0.771. The normalized spacial score (nSPS) is 19.6. The van der Waals surface area contributed by atoms with Crippen LogP contribution in [0.25, 0.3) is 0 Å². The molecule has 1 fully saturated rings. The van der Waals surface area contributed by atoms with Crippen LogP contribution in [-0.2, 0) is 11.3 Å². The summed E-state index contributed by atoms with van der Waals surface area (Å²) >= 11 is 0. The van der Waals surface area contributed by atoms with Gasteiger partial charge < -0.3 is 15.1 Å². The summed E-state index contributed by atoms with van der Waals surface area (Å²) in [4.78, 5) is 0. The highest BCUT2D eigenvalue weighted by Crippen LogP contribution is 2.33. The fourth-order valence-electron chi connectivity index (χ4n) is 2.93. The van der Waals surface area contributed by atoms with Crippen molar-refractivity contribution < 1.29 is 4.74 Å². The molecule has 1 aromatic carbocycles. The lowest BCUT2D eigenvalue weighted by Gasteiger charge is -2.36. The van der Waals surface area contributed by atoms with Crippen molar-refractivity contribution in [3.8, 4) is 0 Å². The molecule has 0 aliphatic carbocycles. The highest BCUT2D eigenvalue weighted by Gasteiger charge is 2.31. The van der Waals surface area contributed by atoms with Crippen LogP contribution in [0, 0.1) is 12.8 Å². The maximum Gasteiger partial charge on any atom is 0.0653 e. The van der Waals surface area contributed by atoms with E-state index < -0.39 is 0 Å². The number of fused-ring (bicyclic) bond motifs is 1. The first-order valence-corrected chi connectivity index (χ1v) is 7.10. The van der Waals surface area contributed by atoms with E-state index in [0.29, 0.717) is 0 Å². The Morgan fingerprint density at radius 1 is 1.37 bits per heavy atom. The van der Waals surface area contributed by atoms with E-state index in [1.165, 1.54) is 16.8 Å². The monoisotopic (exact) mass is 261 g/mol. The van der Waals surface area contributed by atoms with Gasteiger partial charge in [0.05, 0.1) is 18.8 Å². The van der Waals surface area contributed by atoms with Gasteiger partial charge in [0.2, 0.25) is 0 Å². The second-order valence-corrected chi connectivity index (χ2v) is 5.56. The molecule has 2 heterocycles. The Hall–Kier alpha value is -1.10. The van der Waals surface area contributed by atoms with Crippen LogP contribution < -0.4 is 10.3 Å². The molecule has 4 heteroatoms. The first kappa shape index (κ1) is 12.9. The summed E-state index contributed by atoms with van der Waals surface area (Å²) in [6.45, 7) is 8.42. The molecule has 3 rings (SSSR count). The van der Waals surface area contributed by atoms with E-state index in [9.17, 15) is 0 Å². The van der Waals surface area contributed by atoms with E-state index in [1.54, 1.807) is 7.11 Å². The second kappa shape index (κ2) is 5.49. The van der Waals surface area contributed by atoms with Gasteiger partial charge in [-0.15, -0.1) is 0 Å². The van der Waals surface area contributed by atoms with Crippen molar-refractivity contribution in [1.29, 1.82) is 0 Å². The molecular weight excluding hydrogens is 238 g/mol. The van der Waals surface area contributed by atoms with Gasteiger partial charge in [-0.25, -0.2) is 5.01 Å². The van der Waals surface area contributed by atoms with Crippen molar-refractivity contribution in [3.05, 3.63) is 29.3 Å². The molecule has 0 saturated carbocycles. The van der Waals surface area contributed by atoms with Crippen LogP contribution in [0.1, 0.15) is 11.1 Å². The lowest BCUT2D eigenvalue weighted by molar-refractivity contribution is 0.154. The minimum atomic E-state index is 0.771. The third-order valence-corrected chi connectivity index (χ3v) is 4.19.